The summed E-state index contributed by atoms with van der Waals surface area (Å²) in [5.74, 6) is -1.06. The highest BCUT2D eigenvalue weighted by Gasteiger charge is 2.30. The molecule has 0 unspecified atom stereocenters. The lowest BCUT2D eigenvalue weighted by atomic mass is 10.1. The average molecular weight is 262 g/mol. The molecule has 102 valence electrons. The van der Waals surface area contributed by atoms with Gasteiger partial charge >= 0.3 is 5.97 Å². The summed E-state index contributed by atoms with van der Waals surface area (Å²) in [6, 6.07) is 3.80. The number of amides is 1. The Morgan fingerprint density at radius 2 is 2.05 bits per heavy atom. The molecule has 1 saturated carbocycles. The van der Waals surface area contributed by atoms with Crippen LogP contribution < -0.4 is 5.32 Å². The molecule has 1 aromatic rings. The molecule has 5 nitrogen and oxygen atoms in total. The van der Waals surface area contributed by atoms with Crippen molar-refractivity contribution in [3.63, 3.8) is 0 Å². The van der Waals surface area contributed by atoms with Crippen LogP contribution in [-0.4, -0.2) is 28.0 Å². The summed E-state index contributed by atoms with van der Waals surface area (Å²) in [4.78, 5) is 26.5. The number of nitrogens with zero attached hydrogens (tertiary/aromatic N) is 1. The molecule has 19 heavy (non-hydrogen) atoms. The Labute approximate surface area is 112 Å². The van der Waals surface area contributed by atoms with Crippen molar-refractivity contribution in [1.29, 1.82) is 0 Å². The van der Waals surface area contributed by atoms with Gasteiger partial charge in [-0.05, 0) is 43.4 Å². The van der Waals surface area contributed by atoms with Gasteiger partial charge in [0.15, 0.2) is 0 Å². The minimum Gasteiger partial charge on any atom is -0.481 e. The van der Waals surface area contributed by atoms with Gasteiger partial charge in [0.25, 0.3) is 0 Å². The Bertz CT molecular complexity index is 447. The van der Waals surface area contributed by atoms with Gasteiger partial charge in [0.2, 0.25) is 5.91 Å². The maximum atomic E-state index is 11.8. The van der Waals surface area contributed by atoms with E-state index in [1.807, 2.05) is 12.1 Å². The second-order valence-electron chi connectivity index (χ2n) is 4.97. The van der Waals surface area contributed by atoms with Crippen LogP contribution in [0.5, 0.6) is 0 Å². The number of carboxylic acids is 1. The highest BCUT2D eigenvalue weighted by molar-refractivity contribution is 5.77. The first-order chi connectivity index (χ1) is 9.15. The Morgan fingerprint density at radius 1 is 1.32 bits per heavy atom. The fraction of sp³-hybridized carbons (Fsp3) is 0.500. The van der Waals surface area contributed by atoms with Crippen molar-refractivity contribution in [3.8, 4) is 0 Å². The van der Waals surface area contributed by atoms with Crippen LogP contribution in [0.2, 0.25) is 0 Å². The summed E-state index contributed by atoms with van der Waals surface area (Å²) in [5, 5.41) is 11.8. The van der Waals surface area contributed by atoms with E-state index >= 15 is 0 Å². The highest BCUT2D eigenvalue weighted by Crippen LogP contribution is 2.25. The van der Waals surface area contributed by atoms with Crippen molar-refractivity contribution in [2.45, 2.75) is 38.1 Å². The molecule has 5 heteroatoms. The lowest BCUT2D eigenvalue weighted by Crippen LogP contribution is -2.33. The number of pyridine rings is 1. The molecule has 1 aromatic heterocycles. The number of carbonyl (C=O) groups excluding carboxylic acids is 1. The number of hydrogen-bond donors (Lipinski definition) is 2. The topological polar surface area (TPSA) is 79.3 Å². The zero-order chi connectivity index (χ0) is 13.7. The van der Waals surface area contributed by atoms with E-state index in [4.69, 9.17) is 5.11 Å². The van der Waals surface area contributed by atoms with Gasteiger partial charge in [-0.15, -0.1) is 0 Å². The molecule has 0 aliphatic heterocycles. The zero-order valence-electron chi connectivity index (χ0n) is 10.7. The fourth-order valence-electron chi connectivity index (χ4n) is 2.44. The minimum atomic E-state index is -0.756. The minimum absolute atomic E-state index is 0.00662. The van der Waals surface area contributed by atoms with Gasteiger partial charge in [-0.25, -0.2) is 0 Å². The van der Waals surface area contributed by atoms with E-state index in [0.29, 0.717) is 25.7 Å². The summed E-state index contributed by atoms with van der Waals surface area (Å²) in [7, 11) is 0. The largest absolute Gasteiger partial charge is 0.481 e. The summed E-state index contributed by atoms with van der Waals surface area (Å²) in [5.41, 5.74) is 1.08. The number of carbonyl (C=O) groups is 2. The van der Waals surface area contributed by atoms with E-state index in [-0.39, 0.29) is 17.9 Å². The molecule has 2 atom stereocenters. The second kappa shape index (κ2) is 6.31. The van der Waals surface area contributed by atoms with Crippen molar-refractivity contribution < 1.29 is 14.7 Å². The zero-order valence-corrected chi connectivity index (χ0v) is 10.7. The molecular formula is C14H18N2O3. The monoisotopic (exact) mass is 262 g/mol. The highest BCUT2D eigenvalue weighted by atomic mass is 16.4. The van der Waals surface area contributed by atoms with Crippen LogP contribution in [0.1, 0.15) is 31.2 Å². The van der Waals surface area contributed by atoms with Gasteiger partial charge in [0, 0.05) is 24.9 Å². The van der Waals surface area contributed by atoms with Crippen molar-refractivity contribution in [1.82, 2.24) is 10.3 Å². The molecule has 0 radical (unpaired) electrons. The molecule has 0 spiro atoms. The van der Waals surface area contributed by atoms with Crippen molar-refractivity contribution >= 4 is 11.9 Å². The summed E-state index contributed by atoms with van der Waals surface area (Å²) in [6.07, 6.45) is 6.50. The van der Waals surface area contributed by atoms with E-state index in [1.54, 1.807) is 12.4 Å². The molecule has 0 saturated heterocycles. The van der Waals surface area contributed by atoms with Gasteiger partial charge in [-0.2, -0.15) is 0 Å². The van der Waals surface area contributed by atoms with Gasteiger partial charge in [-0.1, -0.05) is 0 Å². The van der Waals surface area contributed by atoms with E-state index in [2.05, 4.69) is 10.3 Å². The number of carboxylic acid groups (broad SMARTS) is 1. The van der Waals surface area contributed by atoms with Crippen molar-refractivity contribution in [2.75, 3.05) is 0 Å². The summed E-state index contributed by atoms with van der Waals surface area (Å²) < 4.78 is 0. The third kappa shape index (κ3) is 4.05. The number of aliphatic carboxylic acids is 1. The van der Waals surface area contributed by atoms with Crippen molar-refractivity contribution in [3.05, 3.63) is 30.1 Å². The summed E-state index contributed by atoms with van der Waals surface area (Å²) in [6.45, 7) is 0. The van der Waals surface area contributed by atoms with E-state index in [1.165, 1.54) is 0 Å². The quantitative estimate of drug-likeness (QED) is 0.840. The van der Waals surface area contributed by atoms with Crippen LogP contribution in [0, 0.1) is 5.92 Å². The van der Waals surface area contributed by atoms with Crippen LogP contribution in [0.3, 0.4) is 0 Å². The number of nitrogens with one attached hydrogen (secondary N) is 1. The molecule has 1 amide bonds. The smallest absolute Gasteiger partial charge is 0.306 e. The van der Waals surface area contributed by atoms with E-state index in [0.717, 1.165) is 12.0 Å². The first-order valence-electron chi connectivity index (χ1n) is 6.56. The van der Waals surface area contributed by atoms with E-state index < -0.39 is 5.97 Å². The molecule has 1 fully saturated rings. The molecule has 1 aliphatic rings. The van der Waals surface area contributed by atoms with Gasteiger partial charge in [0.1, 0.15) is 0 Å². The second-order valence-corrected chi connectivity index (χ2v) is 4.97. The fourth-order valence-corrected chi connectivity index (χ4v) is 2.44. The average Bonchev–Trinajstić information content (AvgIpc) is 2.86. The van der Waals surface area contributed by atoms with Crippen LogP contribution in [0.4, 0.5) is 0 Å². The maximum absolute atomic E-state index is 11.8. The molecule has 1 heterocycles. The molecular weight excluding hydrogens is 244 g/mol. The maximum Gasteiger partial charge on any atom is 0.306 e. The standard InChI is InChI=1S/C14H18N2O3/c17-13(4-1-10-5-7-15-8-6-10)16-12-3-2-11(9-12)14(18)19/h5-8,11-12H,1-4,9H2,(H,16,17)(H,18,19)/t11-,12+/m1/s1. The van der Waals surface area contributed by atoms with E-state index in [9.17, 15) is 9.59 Å². The number of rotatable bonds is 5. The Balaban J connectivity index is 1.72. The first kappa shape index (κ1) is 13.5. The summed E-state index contributed by atoms with van der Waals surface area (Å²) >= 11 is 0. The number of hydrogen-bond acceptors (Lipinski definition) is 3. The SMILES string of the molecule is O=C(CCc1ccncc1)N[C@H]1CC[C@@H](C(=O)O)C1. The lowest BCUT2D eigenvalue weighted by Gasteiger charge is -2.12. The molecule has 2 N–H and O–H groups in total. The molecule has 0 aromatic carbocycles. The first-order valence-corrected chi connectivity index (χ1v) is 6.56. The lowest BCUT2D eigenvalue weighted by molar-refractivity contribution is -0.141. The van der Waals surface area contributed by atoms with Gasteiger partial charge < -0.3 is 10.4 Å². The van der Waals surface area contributed by atoms with Crippen molar-refractivity contribution in [2.24, 2.45) is 5.92 Å². The Hall–Kier alpha value is -1.91. The van der Waals surface area contributed by atoms with Crippen LogP contribution in [0.25, 0.3) is 0 Å². The van der Waals surface area contributed by atoms with Gasteiger partial charge in [0.05, 0.1) is 5.92 Å². The predicted octanol–water partition coefficient (Wildman–Crippen LogP) is 1.38. The molecule has 2 rings (SSSR count). The van der Waals surface area contributed by atoms with Gasteiger partial charge in [-0.3, -0.25) is 14.6 Å². The molecule has 0 bridgehead atoms. The number of aromatic nitrogens is 1. The predicted molar refractivity (Wildman–Crippen MR) is 69.5 cm³/mol. The Morgan fingerprint density at radius 3 is 2.68 bits per heavy atom. The third-order valence-corrected chi connectivity index (χ3v) is 3.54. The normalized spacial score (nSPS) is 22.1. The number of aryl methyl sites for hydroxylation is 1. The van der Waals surface area contributed by atoms with Crippen LogP contribution in [-0.2, 0) is 16.0 Å². The Kier molecular flexibility index (Phi) is 4.49. The molecule has 1 aliphatic carbocycles. The van der Waals surface area contributed by atoms with Crippen LogP contribution >= 0.6 is 0 Å². The third-order valence-electron chi connectivity index (χ3n) is 3.54. The van der Waals surface area contributed by atoms with Crippen LogP contribution in [0.15, 0.2) is 24.5 Å².